The number of methoxy groups -OCH3 is 1. The number of ether oxygens (including phenoxy) is 1. The van der Waals surface area contributed by atoms with Gasteiger partial charge in [-0.15, -0.1) is 0 Å². The molecular formula is C18H17N3O3. The van der Waals surface area contributed by atoms with Gasteiger partial charge in [-0.25, -0.2) is 4.79 Å². The van der Waals surface area contributed by atoms with E-state index >= 15 is 0 Å². The molecule has 2 N–H and O–H groups in total. The highest BCUT2D eigenvalue weighted by atomic mass is 16.5. The molecule has 0 bridgehead atoms. The number of carbonyl (C=O) groups excluding carboxylic acids is 1. The molecule has 0 fully saturated rings. The summed E-state index contributed by atoms with van der Waals surface area (Å²) in [5.41, 5.74) is 1.87. The topological polar surface area (TPSA) is 76.4 Å². The van der Waals surface area contributed by atoms with Gasteiger partial charge in [0.1, 0.15) is 5.75 Å². The fourth-order valence-electron chi connectivity index (χ4n) is 2.16. The van der Waals surface area contributed by atoms with Crippen molar-refractivity contribution in [3.8, 4) is 17.1 Å². The van der Waals surface area contributed by atoms with Crippen LogP contribution in [0.4, 0.5) is 10.6 Å². The molecule has 6 nitrogen and oxygen atoms in total. The number of benzene rings is 2. The minimum atomic E-state index is -0.348. The summed E-state index contributed by atoms with van der Waals surface area (Å²) in [4.78, 5) is 11.9. The number of aromatic nitrogens is 1. The lowest BCUT2D eigenvalue weighted by Crippen LogP contribution is -2.28. The zero-order chi connectivity index (χ0) is 16.8. The van der Waals surface area contributed by atoms with Gasteiger partial charge in [0.25, 0.3) is 0 Å². The SMILES string of the molecule is COc1ccc(CNC(=O)Nc2cc(-c3ccccc3)on2)cc1. The number of anilines is 1. The van der Waals surface area contributed by atoms with Gasteiger partial charge in [0.15, 0.2) is 11.6 Å². The first-order chi connectivity index (χ1) is 11.7. The molecule has 0 unspecified atom stereocenters. The number of amides is 2. The Kier molecular flexibility index (Phi) is 4.76. The molecule has 0 radical (unpaired) electrons. The number of nitrogens with one attached hydrogen (secondary N) is 2. The molecule has 6 heteroatoms. The van der Waals surface area contributed by atoms with E-state index in [0.29, 0.717) is 18.1 Å². The van der Waals surface area contributed by atoms with Crippen molar-refractivity contribution in [2.24, 2.45) is 0 Å². The highest BCUT2D eigenvalue weighted by Gasteiger charge is 2.09. The lowest BCUT2D eigenvalue weighted by Gasteiger charge is -2.06. The van der Waals surface area contributed by atoms with Crippen LogP contribution in [0.2, 0.25) is 0 Å². The van der Waals surface area contributed by atoms with E-state index in [1.807, 2.05) is 54.6 Å². The van der Waals surface area contributed by atoms with E-state index < -0.39 is 0 Å². The highest BCUT2D eigenvalue weighted by molar-refractivity contribution is 5.88. The van der Waals surface area contributed by atoms with Crippen molar-refractivity contribution in [3.05, 3.63) is 66.2 Å². The van der Waals surface area contributed by atoms with Crippen molar-refractivity contribution in [2.45, 2.75) is 6.54 Å². The lowest BCUT2D eigenvalue weighted by molar-refractivity contribution is 0.251. The second kappa shape index (κ2) is 7.32. The molecule has 1 aromatic heterocycles. The summed E-state index contributed by atoms with van der Waals surface area (Å²) in [5, 5.41) is 9.25. The Morgan fingerprint density at radius 1 is 1.12 bits per heavy atom. The van der Waals surface area contributed by atoms with Crippen LogP contribution in [0, 0.1) is 0 Å². The Morgan fingerprint density at radius 2 is 1.88 bits per heavy atom. The van der Waals surface area contributed by atoms with Crippen LogP contribution in [0.15, 0.2) is 65.2 Å². The maximum absolute atomic E-state index is 11.9. The average molecular weight is 323 g/mol. The van der Waals surface area contributed by atoms with Crippen LogP contribution in [-0.4, -0.2) is 18.3 Å². The monoisotopic (exact) mass is 323 g/mol. The molecule has 0 aliphatic rings. The van der Waals surface area contributed by atoms with Crippen LogP contribution in [0.25, 0.3) is 11.3 Å². The Bertz CT molecular complexity index is 798. The van der Waals surface area contributed by atoms with Gasteiger partial charge >= 0.3 is 6.03 Å². The van der Waals surface area contributed by atoms with Crippen molar-refractivity contribution in [1.82, 2.24) is 10.5 Å². The van der Waals surface area contributed by atoms with Crippen molar-refractivity contribution in [2.75, 3.05) is 12.4 Å². The van der Waals surface area contributed by atoms with Gasteiger partial charge in [-0.3, -0.25) is 5.32 Å². The second-order valence-electron chi connectivity index (χ2n) is 5.10. The zero-order valence-corrected chi connectivity index (χ0v) is 13.2. The predicted molar refractivity (Wildman–Crippen MR) is 90.8 cm³/mol. The molecule has 0 aliphatic heterocycles. The number of hydrogen-bond acceptors (Lipinski definition) is 4. The van der Waals surface area contributed by atoms with E-state index in [1.165, 1.54) is 0 Å². The fourth-order valence-corrected chi connectivity index (χ4v) is 2.16. The van der Waals surface area contributed by atoms with Gasteiger partial charge in [0.05, 0.1) is 7.11 Å². The lowest BCUT2D eigenvalue weighted by atomic mass is 10.2. The fraction of sp³-hybridized carbons (Fsp3) is 0.111. The summed E-state index contributed by atoms with van der Waals surface area (Å²) in [5.74, 6) is 1.74. The Morgan fingerprint density at radius 3 is 2.58 bits per heavy atom. The summed E-state index contributed by atoms with van der Waals surface area (Å²) in [6, 6.07) is 18.4. The van der Waals surface area contributed by atoms with Crippen LogP contribution in [0.3, 0.4) is 0 Å². The third-order valence-corrected chi connectivity index (χ3v) is 3.42. The normalized spacial score (nSPS) is 10.2. The summed E-state index contributed by atoms with van der Waals surface area (Å²) < 4.78 is 10.3. The van der Waals surface area contributed by atoms with Gasteiger partial charge in [-0.05, 0) is 17.7 Å². The highest BCUT2D eigenvalue weighted by Crippen LogP contribution is 2.21. The van der Waals surface area contributed by atoms with Crippen LogP contribution >= 0.6 is 0 Å². The molecular weight excluding hydrogens is 306 g/mol. The van der Waals surface area contributed by atoms with E-state index in [1.54, 1.807) is 13.2 Å². The number of nitrogens with zero attached hydrogens (tertiary/aromatic N) is 1. The van der Waals surface area contributed by atoms with Gasteiger partial charge in [-0.2, -0.15) is 0 Å². The van der Waals surface area contributed by atoms with E-state index in [2.05, 4.69) is 15.8 Å². The van der Waals surface area contributed by atoms with Crippen LogP contribution in [-0.2, 0) is 6.54 Å². The van der Waals surface area contributed by atoms with E-state index in [4.69, 9.17) is 9.26 Å². The van der Waals surface area contributed by atoms with E-state index in [9.17, 15) is 4.79 Å². The molecule has 0 saturated carbocycles. The van der Waals surface area contributed by atoms with Crippen molar-refractivity contribution < 1.29 is 14.1 Å². The zero-order valence-electron chi connectivity index (χ0n) is 13.2. The summed E-state index contributed by atoms with van der Waals surface area (Å²) >= 11 is 0. The molecule has 24 heavy (non-hydrogen) atoms. The van der Waals surface area contributed by atoms with Gasteiger partial charge in [0.2, 0.25) is 0 Å². The number of rotatable bonds is 5. The van der Waals surface area contributed by atoms with Crippen LogP contribution in [0.1, 0.15) is 5.56 Å². The maximum Gasteiger partial charge on any atom is 0.320 e. The Hall–Kier alpha value is -3.28. The average Bonchev–Trinajstić information content (AvgIpc) is 3.09. The smallest absolute Gasteiger partial charge is 0.320 e. The van der Waals surface area contributed by atoms with Crippen LogP contribution < -0.4 is 15.4 Å². The van der Waals surface area contributed by atoms with Crippen molar-refractivity contribution in [3.63, 3.8) is 0 Å². The maximum atomic E-state index is 11.9. The molecule has 2 aromatic carbocycles. The predicted octanol–water partition coefficient (Wildman–Crippen LogP) is 3.67. The van der Waals surface area contributed by atoms with E-state index in [0.717, 1.165) is 16.9 Å². The summed E-state index contributed by atoms with van der Waals surface area (Å²) in [7, 11) is 1.61. The first kappa shape index (κ1) is 15.6. The second-order valence-corrected chi connectivity index (χ2v) is 5.10. The first-order valence-electron chi connectivity index (χ1n) is 7.44. The third kappa shape index (κ3) is 3.92. The molecule has 3 aromatic rings. The minimum absolute atomic E-state index is 0.348. The molecule has 2 amide bonds. The molecule has 0 spiro atoms. The van der Waals surface area contributed by atoms with Crippen LogP contribution in [0.5, 0.6) is 5.75 Å². The molecule has 3 rings (SSSR count). The summed E-state index contributed by atoms with van der Waals surface area (Å²) in [6.07, 6.45) is 0. The third-order valence-electron chi connectivity index (χ3n) is 3.42. The molecule has 0 atom stereocenters. The standard InChI is InChI=1S/C18H17N3O3/c1-23-15-9-7-13(8-10-15)12-19-18(22)20-17-11-16(24-21-17)14-5-3-2-4-6-14/h2-11H,12H2,1H3,(H2,19,20,21,22). The number of carbonyl (C=O) groups is 1. The molecule has 0 saturated heterocycles. The van der Waals surface area contributed by atoms with Gasteiger partial charge < -0.3 is 14.6 Å². The number of hydrogen-bond donors (Lipinski definition) is 2. The largest absolute Gasteiger partial charge is 0.497 e. The molecule has 1 heterocycles. The number of urea groups is 1. The van der Waals surface area contributed by atoms with Crippen molar-refractivity contribution >= 4 is 11.8 Å². The van der Waals surface area contributed by atoms with Crippen molar-refractivity contribution in [1.29, 1.82) is 0 Å². The van der Waals surface area contributed by atoms with E-state index in [-0.39, 0.29) is 6.03 Å². The first-order valence-corrected chi connectivity index (χ1v) is 7.44. The van der Waals surface area contributed by atoms with Gasteiger partial charge in [-0.1, -0.05) is 47.6 Å². The Labute approximate surface area is 139 Å². The minimum Gasteiger partial charge on any atom is -0.497 e. The molecule has 0 aliphatic carbocycles. The quantitative estimate of drug-likeness (QED) is 0.751. The Balaban J connectivity index is 1.54. The summed E-state index contributed by atoms with van der Waals surface area (Å²) in [6.45, 7) is 0.402. The van der Waals surface area contributed by atoms with Gasteiger partial charge in [0, 0.05) is 18.2 Å². The molecule has 122 valence electrons.